The van der Waals surface area contributed by atoms with Gasteiger partial charge in [-0.1, -0.05) is 17.7 Å². The smallest absolute Gasteiger partial charge is 0.242 e. The van der Waals surface area contributed by atoms with Crippen LogP contribution < -0.4 is 14.2 Å². The molecule has 0 fully saturated rings. The van der Waals surface area contributed by atoms with Gasteiger partial charge < -0.3 is 9.47 Å². The summed E-state index contributed by atoms with van der Waals surface area (Å²) in [6.07, 6.45) is 1.82. The summed E-state index contributed by atoms with van der Waals surface area (Å²) in [6.45, 7) is 0.337. The molecule has 2 aromatic carbocycles. The number of ether oxygens (including phenoxy) is 2. The highest BCUT2D eigenvalue weighted by Gasteiger charge is 2.19. The van der Waals surface area contributed by atoms with Gasteiger partial charge in [0.25, 0.3) is 0 Å². The summed E-state index contributed by atoms with van der Waals surface area (Å²) in [7, 11) is -3.67. The lowest BCUT2D eigenvalue weighted by atomic mass is 10.2. The lowest BCUT2D eigenvalue weighted by Gasteiger charge is -2.11. The molecule has 23 heavy (non-hydrogen) atoms. The first-order valence-corrected chi connectivity index (χ1v) is 9.80. The number of sulfonamides is 1. The topological polar surface area (TPSA) is 64.6 Å². The van der Waals surface area contributed by atoms with Crippen LogP contribution in [0.15, 0.2) is 46.2 Å². The van der Waals surface area contributed by atoms with Gasteiger partial charge in [0.1, 0.15) is 0 Å². The van der Waals surface area contributed by atoms with Crippen LogP contribution in [0.5, 0.6) is 11.5 Å². The molecule has 0 bridgehead atoms. The molecule has 0 atom stereocenters. The molecular formula is C15H14ClNO4S2. The molecule has 0 radical (unpaired) electrons. The van der Waals surface area contributed by atoms with E-state index in [1.165, 1.54) is 17.8 Å². The van der Waals surface area contributed by atoms with Crippen molar-refractivity contribution >= 4 is 33.4 Å². The molecule has 8 heteroatoms. The van der Waals surface area contributed by atoms with E-state index in [2.05, 4.69) is 4.72 Å². The third-order valence-corrected chi connectivity index (χ3v) is 5.92. The van der Waals surface area contributed by atoms with Crippen LogP contribution in [0.1, 0.15) is 5.56 Å². The van der Waals surface area contributed by atoms with Gasteiger partial charge >= 0.3 is 0 Å². The van der Waals surface area contributed by atoms with Crippen LogP contribution in [0.3, 0.4) is 0 Å². The molecule has 5 nitrogen and oxygen atoms in total. The molecule has 0 unspecified atom stereocenters. The Bertz CT molecular complexity index is 839. The number of thioether (sulfide) groups is 1. The maximum Gasteiger partial charge on any atom is 0.242 e. The Morgan fingerprint density at radius 3 is 2.74 bits per heavy atom. The van der Waals surface area contributed by atoms with E-state index in [9.17, 15) is 8.42 Å². The fourth-order valence-corrected chi connectivity index (χ4v) is 4.57. The highest BCUT2D eigenvalue weighted by Crippen LogP contribution is 2.33. The van der Waals surface area contributed by atoms with E-state index in [-0.39, 0.29) is 18.2 Å². The first kappa shape index (κ1) is 16.4. The molecule has 1 aliphatic rings. The maximum atomic E-state index is 12.5. The number of rotatable bonds is 5. The van der Waals surface area contributed by atoms with E-state index in [0.29, 0.717) is 21.4 Å². The Kier molecular flexibility index (Phi) is 4.72. The summed E-state index contributed by atoms with van der Waals surface area (Å²) in [5.74, 6) is 1.28. The number of fused-ring (bicyclic) bond motifs is 1. The van der Waals surface area contributed by atoms with Crippen LogP contribution in [0.4, 0.5) is 0 Å². The van der Waals surface area contributed by atoms with Gasteiger partial charge in [0.15, 0.2) is 11.5 Å². The number of halogens is 1. The van der Waals surface area contributed by atoms with E-state index < -0.39 is 10.0 Å². The van der Waals surface area contributed by atoms with E-state index in [0.717, 1.165) is 5.56 Å². The third kappa shape index (κ3) is 3.58. The number of hydrogen-bond donors (Lipinski definition) is 1. The highest BCUT2D eigenvalue weighted by molar-refractivity contribution is 7.99. The summed E-state index contributed by atoms with van der Waals surface area (Å²) in [6, 6.07) is 10.1. The van der Waals surface area contributed by atoms with Crippen molar-refractivity contribution in [2.75, 3.05) is 13.0 Å². The van der Waals surface area contributed by atoms with Crippen molar-refractivity contribution in [3.05, 3.63) is 47.0 Å². The fourth-order valence-electron chi connectivity index (χ4n) is 2.17. The van der Waals surface area contributed by atoms with Crippen molar-refractivity contribution in [3.8, 4) is 11.5 Å². The first-order chi connectivity index (χ1) is 11.0. The second-order valence-electron chi connectivity index (χ2n) is 4.81. The molecule has 0 saturated carbocycles. The zero-order valence-corrected chi connectivity index (χ0v) is 14.6. The van der Waals surface area contributed by atoms with Crippen LogP contribution in [-0.4, -0.2) is 21.5 Å². The van der Waals surface area contributed by atoms with Crippen LogP contribution >= 0.6 is 23.4 Å². The minimum atomic E-state index is -3.67. The average Bonchev–Trinajstić information content (AvgIpc) is 3.00. The number of hydrogen-bond acceptors (Lipinski definition) is 5. The van der Waals surface area contributed by atoms with Crippen LogP contribution in [0.2, 0.25) is 5.02 Å². The molecule has 1 N–H and O–H groups in total. The Morgan fingerprint density at radius 2 is 1.96 bits per heavy atom. The van der Waals surface area contributed by atoms with Gasteiger partial charge in [-0.25, -0.2) is 13.1 Å². The minimum Gasteiger partial charge on any atom is -0.454 e. The molecule has 1 heterocycles. The summed E-state index contributed by atoms with van der Waals surface area (Å²) in [5, 5.41) is 0.381. The fraction of sp³-hybridized carbons (Fsp3) is 0.200. The predicted octanol–water partition coefficient (Wildman–Crippen LogP) is 3.27. The molecule has 2 aromatic rings. The molecule has 0 aromatic heterocycles. The maximum absolute atomic E-state index is 12.5. The summed E-state index contributed by atoms with van der Waals surface area (Å²) < 4.78 is 38.2. The van der Waals surface area contributed by atoms with Crippen molar-refractivity contribution in [1.82, 2.24) is 4.72 Å². The molecule has 0 aliphatic carbocycles. The van der Waals surface area contributed by atoms with Crippen LogP contribution in [0, 0.1) is 0 Å². The van der Waals surface area contributed by atoms with E-state index >= 15 is 0 Å². The molecule has 1 aliphatic heterocycles. The van der Waals surface area contributed by atoms with Crippen LogP contribution in [0.25, 0.3) is 0 Å². The number of nitrogens with one attached hydrogen (secondary N) is 1. The van der Waals surface area contributed by atoms with Crippen molar-refractivity contribution < 1.29 is 17.9 Å². The monoisotopic (exact) mass is 371 g/mol. The Labute approximate surface area is 144 Å². The molecule has 122 valence electrons. The highest BCUT2D eigenvalue weighted by atomic mass is 35.5. The molecule has 0 amide bonds. The lowest BCUT2D eigenvalue weighted by Crippen LogP contribution is -2.23. The van der Waals surface area contributed by atoms with Crippen molar-refractivity contribution in [2.45, 2.75) is 16.3 Å². The van der Waals surface area contributed by atoms with Crippen molar-refractivity contribution in [3.63, 3.8) is 0 Å². The Morgan fingerprint density at radius 1 is 1.17 bits per heavy atom. The second kappa shape index (κ2) is 6.60. The lowest BCUT2D eigenvalue weighted by molar-refractivity contribution is 0.174. The predicted molar refractivity (Wildman–Crippen MR) is 89.8 cm³/mol. The van der Waals surface area contributed by atoms with Gasteiger partial charge in [-0.05, 0) is 42.2 Å². The third-order valence-electron chi connectivity index (χ3n) is 3.32. The Hall–Kier alpha value is -1.41. The Balaban J connectivity index is 1.80. The molecule has 0 spiro atoms. The largest absolute Gasteiger partial charge is 0.454 e. The number of benzene rings is 2. The van der Waals surface area contributed by atoms with Gasteiger partial charge in [-0.2, -0.15) is 0 Å². The van der Waals surface area contributed by atoms with Gasteiger partial charge in [0.05, 0.1) is 4.90 Å². The zero-order chi connectivity index (χ0) is 16.4. The van der Waals surface area contributed by atoms with Gasteiger partial charge in [0.2, 0.25) is 16.8 Å². The van der Waals surface area contributed by atoms with Gasteiger partial charge in [-0.3, -0.25) is 0 Å². The molecular weight excluding hydrogens is 358 g/mol. The SMILES string of the molecule is CSc1ccc(Cl)cc1S(=O)(=O)NCc1ccc2c(c1)OCO2. The minimum absolute atomic E-state index is 0.152. The average molecular weight is 372 g/mol. The van der Waals surface area contributed by atoms with Gasteiger partial charge in [0, 0.05) is 16.5 Å². The van der Waals surface area contributed by atoms with Crippen molar-refractivity contribution in [1.29, 1.82) is 0 Å². The van der Waals surface area contributed by atoms with E-state index in [1.54, 1.807) is 30.3 Å². The molecule has 3 rings (SSSR count). The van der Waals surface area contributed by atoms with Crippen molar-refractivity contribution in [2.24, 2.45) is 0 Å². The quantitative estimate of drug-likeness (QED) is 0.817. The summed E-state index contributed by atoms with van der Waals surface area (Å²) in [5.41, 5.74) is 0.783. The van der Waals surface area contributed by atoms with Gasteiger partial charge in [-0.15, -0.1) is 11.8 Å². The summed E-state index contributed by atoms with van der Waals surface area (Å²) in [4.78, 5) is 0.825. The normalized spacial score (nSPS) is 13.3. The second-order valence-corrected chi connectivity index (χ2v) is 7.83. The van der Waals surface area contributed by atoms with Crippen LogP contribution in [-0.2, 0) is 16.6 Å². The zero-order valence-electron chi connectivity index (χ0n) is 12.2. The molecule has 0 saturated heterocycles. The summed E-state index contributed by atoms with van der Waals surface area (Å²) >= 11 is 7.28. The van der Waals surface area contributed by atoms with E-state index in [4.69, 9.17) is 21.1 Å². The van der Waals surface area contributed by atoms with E-state index in [1.807, 2.05) is 6.26 Å². The first-order valence-electron chi connectivity index (χ1n) is 6.71. The standard InChI is InChI=1S/C15H14ClNO4S2/c1-22-14-5-3-11(16)7-15(14)23(18,19)17-8-10-2-4-12-13(6-10)21-9-20-12/h2-7,17H,8-9H2,1H3.